The highest BCUT2D eigenvalue weighted by molar-refractivity contribution is 8.00. The smallest absolute Gasteiger partial charge is 0.225 e. The Bertz CT molecular complexity index is 556. The van der Waals surface area contributed by atoms with E-state index in [4.69, 9.17) is 11.6 Å². The molecule has 0 aliphatic rings. The summed E-state index contributed by atoms with van der Waals surface area (Å²) in [7, 11) is 0. The Balaban J connectivity index is 1.89. The Morgan fingerprint density at radius 3 is 2.79 bits per heavy atom. The summed E-state index contributed by atoms with van der Waals surface area (Å²) in [6.45, 7) is 1.80. The first kappa shape index (κ1) is 14.3. The molecule has 0 aliphatic carbocycles. The molecule has 1 N–H and O–H groups in total. The lowest BCUT2D eigenvalue weighted by Gasteiger charge is -1.98. The van der Waals surface area contributed by atoms with Gasteiger partial charge in [0.15, 0.2) is 4.34 Å². The zero-order valence-corrected chi connectivity index (χ0v) is 12.6. The minimum atomic E-state index is -0.0506. The maximum atomic E-state index is 11.2. The van der Waals surface area contributed by atoms with E-state index in [1.165, 1.54) is 16.9 Å². The van der Waals surface area contributed by atoms with Crippen LogP contribution in [0.2, 0.25) is 5.02 Å². The van der Waals surface area contributed by atoms with Crippen LogP contribution in [-0.2, 0) is 10.5 Å². The van der Waals surface area contributed by atoms with Crippen molar-refractivity contribution in [1.29, 1.82) is 0 Å². The summed E-state index contributed by atoms with van der Waals surface area (Å²) < 4.78 is 0.835. The van der Waals surface area contributed by atoms with Crippen molar-refractivity contribution >= 4 is 45.7 Å². The molecule has 0 saturated heterocycles. The quantitative estimate of drug-likeness (QED) is 0.673. The van der Waals surface area contributed by atoms with Gasteiger partial charge in [-0.25, -0.2) is 0 Å². The second-order valence-corrected chi connectivity index (χ2v) is 6.33. The average Bonchev–Trinajstić information content (AvgIpc) is 2.85. The zero-order valence-electron chi connectivity index (χ0n) is 10.2. The van der Waals surface area contributed by atoms with Gasteiger partial charge in [0.2, 0.25) is 11.0 Å². The molecule has 4 nitrogen and oxygen atoms in total. The molecule has 19 heavy (non-hydrogen) atoms. The first-order valence-corrected chi connectivity index (χ1v) is 7.86. The Morgan fingerprint density at radius 1 is 1.37 bits per heavy atom. The van der Waals surface area contributed by atoms with Crippen LogP contribution in [0.4, 0.5) is 5.13 Å². The van der Waals surface area contributed by atoms with Crippen molar-refractivity contribution < 1.29 is 4.79 Å². The molecular weight excluding hydrogens is 302 g/mol. The lowest BCUT2D eigenvalue weighted by molar-refractivity contribution is -0.115. The van der Waals surface area contributed by atoms with Crippen LogP contribution in [-0.4, -0.2) is 16.1 Å². The standard InChI is InChI=1S/C12H12ClN3OS2/c1-2-10(17)14-11-15-16-12(19-11)18-7-8-3-5-9(13)6-4-8/h3-6H,2,7H2,1H3,(H,14,15,17). The van der Waals surface area contributed by atoms with Crippen molar-refractivity contribution in [3.63, 3.8) is 0 Å². The summed E-state index contributed by atoms with van der Waals surface area (Å²) in [6, 6.07) is 7.70. The van der Waals surface area contributed by atoms with Crippen molar-refractivity contribution in [2.75, 3.05) is 5.32 Å². The molecule has 1 heterocycles. The Labute approximate surface area is 124 Å². The summed E-state index contributed by atoms with van der Waals surface area (Å²) in [6.07, 6.45) is 0.437. The number of amides is 1. The monoisotopic (exact) mass is 313 g/mol. The summed E-state index contributed by atoms with van der Waals surface area (Å²) in [5, 5.41) is 11.9. The topological polar surface area (TPSA) is 54.9 Å². The predicted molar refractivity (Wildman–Crippen MR) is 79.8 cm³/mol. The fourth-order valence-corrected chi connectivity index (χ4v) is 3.10. The van der Waals surface area contributed by atoms with Gasteiger partial charge in [0.05, 0.1) is 0 Å². The predicted octanol–water partition coefficient (Wildman–Crippen LogP) is 3.83. The summed E-state index contributed by atoms with van der Waals surface area (Å²) >= 11 is 8.79. The van der Waals surface area contributed by atoms with Gasteiger partial charge in [-0.1, -0.05) is 53.8 Å². The van der Waals surface area contributed by atoms with Gasteiger partial charge >= 0.3 is 0 Å². The third-order valence-corrected chi connectivity index (χ3v) is 4.54. The molecule has 100 valence electrons. The van der Waals surface area contributed by atoms with Crippen molar-refractivity contribution in [1.82, 2.24) is 10.2 Å². The Morgan fingerprint density at radius 2 is 2.11 bits per heavy atom. The van der Waals surface area contributed by atoms with E-state index in [2.05, 4.69) is 15.5 Å². The van der Waals surface area contributed by atoms with E-state index in [9.17, 15) is 4.79 Å². The fourth-order valence-electron chi connectivity index (χ4n) is 1.25. The SMILES string of the molecule is CCC(=O)Nc1nnc(SCc2ccc(Cl)cc2)s1. The number of carbonyl (C=O) groups excluding carboxylic acids is 1. The number of nitrogens with zero attached hydrogens (tertiary/aromatic N) is 2. The minimum absolute atomic E-state index is 0.0506. The van der Waals surface area contributed by atoms with Gasteiger partial charge in [-0.3, -0.25) is 4.79 Å². The maximum absolute atomic E-state index is 11.2. The number of nitrogens with one attached hydrogen (secondary N) is 1. The summed E-state index contributed by atoms with van der Waals surface area (Å²) in [4.78, 5) is 11.2. The maximum Gasteiger partial charge on any atom is 0.225 e. The normalized spacial score (nSPS) is 10.4. The highest BCUT2D eigenvalue weighted by atomic mass is 35.5. The largest absolute Gasteiger partial charge is 0.301 e. The number of hydrogen-bond donors (Lipinski definition) is 1. The molecule has 0 unspecified atom stereocenters. The van der Waals surface area contributed by atoms with Gasteiger partial charge in [-0.05, 0) is 17.7 Å². The first-order chi connectivity index (χ1) is 9.17. The molecule has 0 radical (unpaired) electrons. The van der Waals surface area contributed by atoms with Gasteiger partial charge in [-0.2, -0.15) is 0 Å². The second-order valence-electron chi connectivity index (χ2n) is 3.69. The lowest BCUT2D eigenvalue weighted by atomic mass is 10.2. The van der Waals surface area contributed by atoms with Crippen LogP contribution in [0.1, 0.15) is 18.9 Å². The number of carbonyl (C=O) groups is 1. The van der Waals surface area contributed by atoms with Gasteiger partial charge in [0.25, 0.3) is 0 Å². The minimum Gasteiger partial charge on any atom is -0.301 e. The van der Waals surface area contributed by atoms with Crippen molar-refractivity contribution in [3.8, 4) is 0 Å². The Kier molecular flexibility index (Phi) is 5.18. The molecule has 0 bridgehead atoms. The third kappa shape index (κ3) is 4.49. The first-order valence-electron chi connectivity index (χ1n) is 5.68. The van der Waals surface area contributed by atoms with Crippen LogP contribution >= 0.6 is 34.7 Å². The van der Waals surface area contributed by atoms with Crippen LogP contribution in [0.15, 0.2) is 28.6 Å². The number of halogens is 1. The molecule has 2 aromatic rings. The average molecular weight is 314 g/mol. The Hall–Kier alpha value is -1.11. The number of thioether (sulfide) groups is 1. The lowest BCUT2D eigenvalue weighted by Crippen LogP contribution is -2.08. The number of hydrogen-bond acceptors (Lipinski definition) is 5. The number of benzene rings is 1. The summed E-state index contributed by atoms with van der Waals surface area (Å²) in [5.41, 5.74) is 1.17. The molecule has 1 amide bonds. The highest BCUT2D eigenvalue weighted by Crippen LogP contribution is 2.28. The highest BCUT2D eigenvalue weighted by Gasteiger charge is 2.07. The van der Waals surface area contributed by atoms with E-state index in [1.54, 1.807) is 18.7 Å². The molecular formula is C12H12ClN3OS2. The molecule has 0 fully saturated rings. The van der Waals surface area contributed by atoms with E-state index in [0.29, 0.717) is 11.6 Å². The van der Waals surface area contributed by atoms with Crippen LogP contribution in [0.3, 0.4) is 0 Å². The third-order valence-electron chi connectivity index (χ3n) is 2.25. The zero-order chi connectivity index (χ0) is 13.7. The van der Waals surface area contributed by atoms with Crippen molar-refractivity contribution in [3.05, 3.63) is 34.9 Å². The van der Waals surface area contributed by atoms with E-state index >= 15 is 0 Å². The van der Waals surface area contributed by atoms with Crippen LogP contribution in [0.5, 0.6) is 0 Å². The number of anilines is 1. The van der Waals surface area contributed by atoms with E-state index < -0.39 is 0 Å². The van der Waals surface area contributed by atoms with Crippen molar-refractivity contribution in [2.24, 2.45) is 0 Å². The molecule has 1 aromatic carbocycles. The molecule has 0 atom stereocenters. The van der Waals surface area contributed by atoms with Gasteiger partial charge in [-0.15, -0.1) is 10.2 Å². The fraction of sp³-hybridized carbons (Fsp3) is 0.250. The van der Waals surface area contributed by atoms with Crippen LogP contribution in [0.25, 0.3) is 0 Å². The number of aromatic nitrogens is 2. The van der Waals surface area contributed by atoms with Crippen LogP contribution < -0.4 is 5.32 Å². The van der Waals surface area contributed by atoms with Gasteiger partial charge in [0.1, 0.15) is 0 Å². The second kappa shape index (κ2) is 6.88. The van der Waals surface area contributed by atoms with Gasteiger partial charge < -0.3 is 5.32 Å². The van der Waals surface area contributed by atoms with Crippen LogP contribution in [0, 0.1) is 0 Å². The van der Waals surface area contributed by atoms with Gasteiger partial charge in [0, 0.05) is 17.2 Å². The molecule has 2 rings (SSSR count). The molecule has 0 aliphatic heterocycles. The van der Waals surface area contributed by atoms with E-state index in [1.807, 2.05) is 24.3 Å². The van der Waals surface area contributed by atoms with E-state index in [-0.39, 0.29) is 5.91 Å². The van der Waals surface area contributed by atoms with Crippen molar-refractivity contribution in [2.45, 2.75) is 23.4 Å². The molecule has 1 aromatic heterocycles. The number of rotatable bonds is 5. The summed E-state index contributed by atoms with van der Waals surface area (Å²) in [5.74, 6) is 0.749. The molecule has 0 saturated carbocycles. The molecule has 0 spiro atoms. The van der Waals surface area contributed by atoms with E-state index in [0.717, 1.165) is 15.1 Å². The molecule has 7 heteroatoms.